The van der Waals surface area contributed by atoms with Gasteiger partial charge in [-0.05, 0) is 48.0 Å². The molecule has 6 heteroatoms. The SMILES string of the molecule is COc1cccc(C(=O)N/N=C/c2ccc(OC(C)=O)cc2)c1. The Labute approximate surface area is 133 Å². The summed E-state index contributed by atoms with van der Waals surface area (Å²) in [5.41, 5.74) is 3.64. The van der Waals surface area contributed by atoms with Crippen molar-refractivity contribution in [3.05, 3.63) is 59.7 Å². The van der Waals surface area contributed by atoms with Crippen LogP contribution in [0, 0.1) is 0 Å². The molecular formula is C17H16N2O4. The van der Waals surface area contributed by atoms with Gasteiger partial charge in [0.05, 0.1) is 13.3 Å². The Hall–Kier alpha value is -3.15. The third-order valence-electron chi connectivity index (χ3n) is 2.85. The molecule has 0 aromatic heterocycles. The molecule has 1 N–H and O–H groups in total. The zero-order valence-corrected chi connectivity index (χ0v) is 12.8. The molecule has 23 heavy (non-hydrogen) atoms. The number of hydrogen-bond acceptors (Lipinski definition) is 5. The van der Waals surface area contributed by atoms with Gasteiger partial charge < -0.3 is 9.47 Å². The maximum absolute atomic E-state index is 11.9. The Morgan fingerprint density at radius 3 is 2.48 bits per heavy atom. The van der Waals surface area contributed by atoms with E-state index in [1.54, 1.807) is 48.5 Å². The molecule has 0 saturated heterocycles. The number of benzene rings is 2. The van der Waals surface area contributed by atoms with Crippen LogP contribution in [0.1, 0.15) is 22.8 Å². The number of amides is 1. The second kappa shape index (κ2) is 7.74. The van der Waals surface area contributed by atoms with Crippen molar-refractivity contribution in [3.63, 3.8) is 0 Å². The molecule has 0 radical (unpaired) electrons. The third-order valence-corrected chi connectivity index (χ3v) is 2.85. The zero-order chi connectivity index (χ0) is 16.7. The van der Waals surface area contributed by atoms with Gasteiger partial charge in [-0.25, -0.2) is 5.43 Å². The largest absolute Gasteiger partial charge is 0.497 e. The summed E-state index contributed by atoms with van der Waals surface area (Å²) in [7, 11) is 1.54. The van der Waals surface area contributed by atoms with Gasteiger partial charge >= 0.3 is 5.97 Å². The molecule has 1 amide bonds. The molecule has 0 aliphatic heterocycles. The monoisotopic (exact) mass is 312 g/mol. The zero-order valence-electron chi connectivity index (χ0n) is 12.8. The van der Waals surface area contributed by atoms with Gasteiger partial charge in [0.1, 0.15) is 11.5 Å². The summed E-state index contributed by atoms with van der Waals surface area (Å²) in [6, 6.07) is 13.5. The number of rotatable bonds is 5. The van der Waals surface area contributed by atoms with Gasteiger partial charge in [-0.1, -0.05) is 6.07 Å². The van der Waals surface area contributed by atoms with E-state index >= 15 is 0 Å². The van der Waals surface area contributed by atoms with Gasteiger partial charge in [0.25, 0.3) is 5.91 Å². The lowest BCUT2D eigenvalue weighted by molar-refractivity contribution is -0.131. The summed E-state index contributed by atoms with van der Waals surface area (Å²) in [6.45, 7) is 1.34. The van der Waals surface area contributed by atoms with Crippen LogP contribution >= 0.6 is 0 Å². The first-order valence-electron chi connectivity index (χ1n) is 6.84. The van der Waals surface area contributed by atoms with Gasteiger partial charge in [0.2, 0.25) is 0 Å². The highest BCUT2D eigenvalue weighted by Gasteiger charge is 2.05. The van der Waals surface area contributed by atoms with Crippen molar-refractivity contribution in [2.75, 3.05) is 7.11 Å². The average Bonchev–Trinajstić information content (AvgIpc) is 2.56. The molecule has 0 fully saturated rings. The van der Waals surface area contributed by atoms with Crippen molar-refractivity contribution >= 4 is 18.1 Å². The lowest BCUT2D eigenvalue weighted by Gasteiger charge is -2.03. The number of hydrazone groups is 1. The van der Waals surface area contributed by atoms with Crippen molar-refractivity contribution in [3.8, 4) is 11.5 Å². The lowest BCUT2D eigenvalue weighted by atomic mass is 10.2. The summed E-state index contributed by atoms with van der Waals surface area (Å²) < 4.78 is 9.99. The molecule has 0 heterocycles. The lowest BCUT2D eigenvalue weighted by Crippen LogP contribution is -2.17. The highest BCUT2D eigenvalue weighted by molar-refractivity contribution is 5.95. The van der Waals surface area contributed by atoms with Gasteiger partial charge in [-0.2, -0.15) is 5.10 Å². The van der Waals surface area contributed by atoms with Crippen LogP contribution in [0.5, 0.6) is 11.5 Å². The minimum atomic E-state index is -0.378. The van der Waals surface area contributed by atoms with Gasteiger partial charge in [-0.3, -0.25) is 9.59 Å². The quantitative estimate of drug-likeness (QED) is 0.398. The fraction of sp³-hybridized carbons (Fsp3) is 0.118. The molecule has 0 bridgehead atoms. The fourth-order valence-corrected chi connectivity index (χ4v) is 1.78. The van der Waals surface area contributed by atoms with Crippen molar-refractivity contribution in [1.29, 1.82) is 0 Å². The van der Waals surface area contributed by atoms with Crippen LogP contribution in [-0.2, 0) is 4.79 Å². The summed E-state index contributed by atoms with van der Waals surface area (Å²) in [4.78, 5) is 22.8. The first kappa shape index (κ1) is 16.2. The first-order chi connectivity index (χ1) is 11.1. The molecule has 0 aliphatic carbocycles. The highest BCUT2D eigenvalue weighted by Crippen LogP contribution is 2.13. The molecule has 2 aromatic carbocycles. The number of ether oxygens (including phenoxy) is 2. The van der Waals surface area contributed by atoms with Gasteiger partial charge in [-0.15, -0.1) is 0 Å². The van der Waals surface area contributed by atoms with E-state index < -0.39 is 0 Å². The van der Waals surface area contributed by atoms with Gasteiger partial charge in [0, 0.05) is 12.5 Å². The van der Waals surface area contributed by atoms with Crippen LogP contribution in [0.3, 0.4) is 0 Å². The van der Waals surface area contributed by atoms with E-state index in [0.29, 0.717) is 17.1 Å². The van der Waals surface area contributed by atoms with Crippen LogP contribution in [0.4, 0.5) is 0 Å². The number of nitrogens with zero attached hydrogens (tertiary/aromatic N) is 1. The molecule has 6 nitrogen and oxygen atoms in total. The Kier molecular flexibility index (Phi) is 5.46. The van der Waals surface area contributed by atoms with E-state index in [1.807, 2.05) is 0 Å². The average molecular weight is 312 g/mol. The van der Waals surface area contributed by atoms with Crippen molar-refractivity contribution in [2.24, 2.45) is 5.10 Å². The minimum absolute atomic E-state index is 0.336. The number of methoxy groups -OCH3 is 1. The molecule has 2 aromatic rings. The summed E-state index contributed by atoms with van der Waals surface area (Å²) in [5.74, 6) is 0.339. The maximum atomic E-state index is 11.9. The predicted octanol–water partition coefficient (Wildman–Crippen LogP) is 2.38. The number of carbonyl (C=O) groups excluding carboxylic acids is 2. The summed E-state index contributed by atoms with van der Waals surface area (Å²) in [5, 5.41) is 3.89. The van der Waals surface area contributed by atoms with Crippen molar-refractivity contribution in [2.45, 2.75) is 6.92 Å². The summed E-state index contributed by atoms with van der Waals surface area (Å²) >= 11 is 0. The molecule has 0 spiro atoms. The Bertz CT molecular complexity index is 724. The molecule has 0 aliphatic rings. The minimum Gasteiger partial charge on any atom is -0.497 e. The van der Waals surface area contributed by atoms with E-state index in [2.05, 4.69) is 10.5 Å². The van der Waals surface area contributed by atoms with Gasteiger partial charge in [0.15, 0.2) is 0 Å². The summed E-state index contributed by atoms with van der Waals surface area (Å²) in [6.07, 6.45) is 1.50. The molecular weight excluding hydrogens is 296 g/mol. The number of hydrogen-bond donors (Lipinski definition) is 1. The normalized spacial score (nSPS) is 10.3. The fourth-order valence-electron chi connectivity index (χ4n) is 1.78. The standard InChI is InChI=1S/C17H16N2O4/c1-12(20)23-15-8-6-13(7-9-15)11-18-19-17(21)14-4-3-5-16(10-14)22-2/h3-11H,1-2H3,(H,19,21)/b18-11+. The van der Waals surface area contributed by atoms with Crippen molar-refractivity contribution < 1.29 is 19.1 Å². The predicted molar refractivity (Wildman–Crippen MR) is 85.8 cm³/mol. The highest BCUT2D eigenvalue weighted by atomic mass is 16.5. The van der Waals surface area contributed by atoms with Crippen molar-refractivity contribution in [1.82, 2.24) is 5.43 Å². The van der Waals surface area contributed by atoms with E-state index in [4.69, 9.17) is 9.47 Å². The second-order valence-electron chi connectivity index (χ2n) is 4.59. The second-order valence-corrected chi connectivity index (χ2v) is 4.59. The molecule has 118 valence electrons. The Morgan fingerprint density at radius 2 is 1.83 bits per heavy atom. The van der Waals surface area contributed by atoms with Crippen LogP contribution in [-0.4, -0.2) is 25.2 Å². The third kappa shape index (κ3) is 4.96. The van der Waals surface area contributed by atoms with E-state index in [9.17, 15) is 9.59 Å². The van der Waals surface area contributed by atoms with Crippen LogP contribution in [0.25, 0.3) is 0 Å². The van der Waals surface area contributed by atoms with E-state index in [0.717, 1.165) is 5.56 Å². The molecule has 0 atom stereocenters. The van der Waals surface area contributed by atoms with Crippen LogP contribution in [0.2, 0.25) is 0 Å². The molecule has 0 unspecified atom stereocenters. The molecule has 0 saturated carbocycles. The number of nitrogens with one attached hydrogen (secondary N) is 1. The van der Waals surface area contributed by atoms with E-state index in [-0.39, 0.29) is 11.9 Å². The molecule has 2 rings (SSSR count). The first-order valence-corrected chi connectivity index (χ1v) is 6.84. The maximum Gasteiger partial charge on any atom is 0.308 e. The van der Waals surface area contributed by atoms with E-state index in [1.165, 1.54) is 20.2 Å². The van der Waals surface area contributed by atoms with Crippen LogP contribution < -0.4 is 14.9 Å². The smallest absolute Gasteiger partial charge is 0.308 e. The Morgan fingerprint density at radius 1 is 1.09 bits per heavy atom. The topological polar surface area (TPSA) is 77.0 Å². The number of esters is 1. The Balaban J connectivity index is 1.95. The number of carbonyl (C=O) groups is 2. The van der Waals surface area contributed by atoms with Crippen LogP contribution in [0.15, 0.2) is 53.6 Å².